The second kappa shape index (κ2) is 6.50. The zero-order valence-electron chi connectivity index (χ0n) is 12.3. The number of rotatable bonds is 4. The lowest BCUT2D eigenvalue weighted by Gasteiger charge is -2.08. The van der Waals surface area contributed by atoms with Gasteiger partial charge in [-0.25, -0.2) is 0 Å². The van der Waals surface area contributed by atoms with E-state index >= 15 is 0 Å². The molecule has 0 aliphatic rings. The monoisotopic (exact) mass is 330 g/mol. The average Bonchev–Trinajstić information content (AvgIpc) is 2.95. The fourth-order valence-electron chi connectivity index (χ4n) is 2.19. The average molecular weight is 331 g/mol. The summed E-state index contributed by atoms with van der Waals surface area (Å²) in [6.07, 6.45) is 0. The molecule has 6 heteroatoms. The van der Waals surface area contributed by atoms with E-state index in [1.165, 1.54) is 11.1 Å². The van der Waals surface area contributed by atoms with Gasteiger partial charge >= 0.3 is 0 Å². The van der Waals surface area contributed by atoms with Gasteiger partial charge in [0.05, 0.1) is 5.69 Å². The number of thioether (sulfide) groups is 1. The molecule has 0 N–H and O–H groups in total. The molecule has 1 aromatic heterocycles. The number of tetrazole rings is 1. The first-order valence-electron chi connectivity index (χ1n) is 6.87. The van der Waals surface area contributed by atoms with Gasteiger partial charge in [-0.2, -0.15) is 4.68 Å². The summed E-state index contributed by atoms with van der Waals surface area (Å²) in [6.45, 7) is 4.14. The molecule has 3 aromatic rings. The summed E-state index contributed by atoms with van der Waals surface area (Å²) in [5, 5.41) is 13.6. The Hall–Kier alpha value is -1.85. The quantitative estimate of drug-likeness (QED) is 0.672. The second-order valence-electron chi connectivity index (χ2n) is 5.08. The third-order valence-corrected chi connectivity index (χ3v) is 4.55. The topological polar surface area (TPSA) is 43.6 Å². The zero-order valence-corrected chi connectivity index (χ0v) is 13.9. The van der Waals surface area contributed by atoms with E-state index in [0.29, 0.717) is 0 Å². The molecule has 0 saturated heterocycles. The lowest BCUT2D eigenvalue weighted by Crippen LogP contribution is -2.01. The maximum atomic E-state index is 5.90. The highest BCUT2D eigenvalue weighted by Gasteiger charge is 2.11. The van der Waals surface area contributed by atoms with Gasteiger partial charge in [0.25, 0.3) is 0 Å². The minimum Gasteiger partial charge on any atom is -0.187 e. The van der Waals surface area contributed by atoms with Crippen LogP contribution in [0, 0.1) is 13.8 Å². The molecule has 22 heavy (non-hydrogen) atoms. The minimum absolute atomic E-state index is 0.744. The summed E-state index contributed by atoms with van der Waals surface area (Å²) in [7, 11) is 0. The predicted octanol–water partition coefficient (Wildman–Crippen LogP) is 4.22. The van der Waals surface area contributed by atoms with Crippen molar-refractivity contribution in [3.63, 3.8) is 0 Å². The summed E-state index contributed by atoms with van der Waals surface area (Å²) >= 11 is 7.51. The molecule has 0 aliphatic carbocycles. The molecule has 0 unspecified atom stereocenters. The van der Waals surface area contributed by atoms with E-state index in [1.54, 1.807) is 16.4 Å². The SMILES string of the molecule is Cc1ccc(-n2nnnc2SCc2ccc(Cl)cc2)c(C)c1. The van der Waals surface area contributed by atoms with E-state index in [1.807, 2.05) is 30.3 Å². The van der Waals surface area contributed by atoms with Gasteiger partial charge in [0.1, 0.15) is 0 Å². The highest BCUT2D eigenvalue weighted by Crippen LogP contribution is 2.24. The van der Waals surface area contributed by atoms with Crippen LogP contribution in [-0.2, 0) is 5.75 Å². The number of benzene rings is 2. The second-order valence-corrected chi connectivity index (χ2v) is 6.46. The molecule has 0 fully saturated rings. The van der Waals surface area contributed by atoms with Gasteiger partial charge in [-0.1, -0.05) is 53.2 Å². The summed E-state index contributed by atoms with van der Waals surface area (Å²) in [4.78, 5) is 0. The first-order valence-corrected chi connectivity index (χ1v) is 8.23. The van der Waals surface area contributed by atoms with E-state index in [9.17, 15) is 0 Å². The van der Waals surface area contributed by atoms with Crippen molar-refractivity contribution in [2.45, 2.75) is 24.8 Å². The zero-order chi connectivity index (χ0) is 15.5. The standard InChI is InChI=1S/C16H15ClN4S/c1-11-3-8-15(12(2)9-11)21-16(18-19-20-21)22-10-13-4-6-14(17)7-5-13/h3-9H,10H2,1-2H3. The lowest BCUT2D eigenvalue weighted by molar-refractivity contribution is 0.751. The molecule has 3 rings (SSSR count). The van der Waals surface area contributed by atoms with Crippen molar-refractivity contribution >= 4 is 23.4 Å². The third kappa shape index (κ3) is 3.31. The van der Waals surface area contributed by atoms with E-state index in [2.05, 4.69) is 41.5 Å². The van der Waals surface area contributed by atoms with Crippen LogP contribution in [0.5, 0.6) is 0 Å². The number of nitrogens with zero attached hydrogens (tertiary/aromatic N) is 4. The molecule has 1 heterocycles. The molecule has 112 valence electrons. The van der Waals surface area contributed by atoms with Gasteiger partial charge in [0.15, 0.2) is 0 Å². The third-order valence-electron chi connectivity index (χ3n) is 3.30. The Kier molecular flexibility index (Phi) is 4.45. The Labute approximate surface area is 138 Å². The van der Waals surface area contributed by atoms with Gasteiger partial charge < -0.3 is 0 Å². The van der Waals surface area contributed by atoms with Crippen LogP contribution in [0.1, 0.15) is 16.7 Å². The molecular weight excluding hydrogens is 316 g/mol. The molecule has 0 bridgehead atoms. The summed E-state index contributed by atoms with van der Waals surface area (Å²) in [5.74, 6) is 0.794. The Bertz CT molecular complexity index is 783. The Morgan fingerprint density at radius 2 is 1.86 bits per heavy atom. The Balaban J connectivity index is 1.81. The van der Waals surface area contributed by atoms with Crippen molar-refractivity contribution in [2.75, 3.05) is 0 Å². The van der Waals surface area contributed by atoms with E-state index in [-0.39, 0.29) is 0 Å². The number of aryl methyl sites for hydroxylation is 2. The van der Waals surface area contributed by atoms with Crippen LogP contribution in [0.3, 0.4) is 0 Å². The fraction of sp³-hybridized carbons (Fsp3) is 0.188. The molecular formula is C16H15ClN4S. The molecule has 0 spiro atoms. The van der Waals surface area contributed by atoms with Crippen molar-refractivity contribution < 1.29 is 0 Å². The summed E-state index contributed by atoms with van der Waals surface area (Å²) < 4.78 is 1.79. The van der Waals surface area contributed by atoms with E-state index in [0.717, 1.165) is 27.2 Å². The largest absolute Gasteiger partial charge is 0.214 e. The van der Waals surface area contributed by atoms with Crippen LogP contribution in [0.15, 0.2) is 47.6 Å². The van der Waals surface area contributed by atoms with Gasteiger partial charge in [-0.3, -0.25) is 0 Å². The predicted molar refractivity (Wildman–Crippen MR) is 89.6 cm³/mol. The van der Waals surface area contributed by atoms with E-state index in [4.69, 9.17) is 11.6 Å². The highest BCUT2D eigenvalue weighted by atomic mass is 35.5. The smallest absolute Gasteiger partial charge is 0.187 e. The minimum atomic E-state index is 0.744. The number of aromatic nitrogens is 4. The number of hydrogen-bond donors (Lipinski definition) is 0. The molecule has 0 atom stereocenters. The Morgan fingerprint density at radius 1 is 1.09 bits per heavy atom. The summed E-state index contributed by atoms with van der Waals surface area (Å²) in [5.41, 5.74) is 4.57. The van der Waals surface area contributed by atoms with Crippen LogP contribution in [-0.4, -0.2) is 20.2 Å². The van der Waals surface area contributed by atoms with Crippen LogP contribution in [0.4, 0.5) is 0 Å². The molecule has 0 radical (unpaired) electrons. The van der Waals surface area contributed by atoms with Crippen LogP contribution in [0.25, 0.3) is 5.69 Å². The van der Waals surface area contributed by atoms with Crippen LogP contribution in [0.2, 0.25) is 5.02 Å². The highest BCUT2D eigenvalue weighted by molar-refractivity contribution is 7.98. The molecule has 0 aliphatic heterocycles. The number of halogens is 1. The van der Waals surface area contributed by atoms with Crippen LogP contribution < -0.4 is 0 Å². The van der Waals surface area contributed by atoms with Crippen molar-refractivity contribution in [3.8, 4) is 5.69 Å². The number of hydrogen-bond acceptors (Lipinski definition) is 4. The molecule has 0 amide bonds. The first-order chi connectivity index (χ1) is 10.6. The van der Waals surface area contributed by atoms with Gasteiger partial charge in [-0.15, -0.1) is 5.10 Å². The lowest BCUT2D eigenvalue weighted by atomic mass is 10.1. The van der Waals surface area contributed by atoms with Gasteiger partial charge in [-0.05, 0) is 53.6 Å². The maximum Gasteiger partial charge on any atom is 0.214 e. The Morgan fingerprint density at radius 3 is 2.59 bits per heavy atom. The van der Waals surface area contributed by atoms with E-state index < -0.39 is 0 Å². The normalized spacial score (nSPS) is 10.9. The van der Waals surface area contributed by atoms with Crippen molar-refractivity contribution in [1.29, 1.82) is 0 Å². The first kappa shape index (κ1) is 15.1. The maximum absolute atomic E-state index is 5.90. The van der Waals surface area contributed by atoms with Crippen molar-refractivity contribution in [2.24, 2.45) is 0 Å². The van der Waals surface area contributed by atoms with Gasteiger partial charge in [0.2, 0.25) is 5.16 Å². The van der Waals surface area contributed by atoms with Crippen molar-refractivity contribution in [1.82, 2.24) is 20.2 Å². The fourth-order valence-corrected chi connectivity index (χ4v) is 3.16. The van der Waals surface area contributed by atoms with Crippen LogP contribution >= 0.6 is 23.4 Å². The van der Waals surface area contributed by atoms with Gasteiger partial charge in [0, 0.05) is 10.8 Å². The molecule has 2 aromatic carbocycles. The molecule has 0 saturated carbocycles. The van der Waals surface area contributed by atoms with Crippen molar-refractivity contribution in [3.05, 3.63) is 64.2 Å². The molecule has 4 nitrogen and oxygen atoms in total. The summed E-state index contributed by atoms with van der Waals surface area (Å²) in [6, 6.07) is 14.1.